The summed E-state index contributed by atoms with van der Waals surface area (Å²) in [5.41, 5.74) is 5.35. The summed E-state index contributed by atoms with van der Waals surface area (Å²) < 4.78 is 0.870. The Kier molecular flexibility index (Phi) is 7.33. The van der Waals surface area contributed by atoms with Crippen molar-refractivity contribution in [1.82, 2.24) is 0 Å². The molecule has 0 bridgehead atoms. The van der Waals surface area contributed by atoms with Gasteiger partial charge in [-0.05, 0) is 25.8 Å². The van der Waals surface area contributed by atoms with Crippen molar-refractivity contribution in [1.29, 1.82) is 0 Å². The molecule has 0 saturated heterocycles. The molecule has 56 valence electrons. The Bertz CT molecular complexity index is 56.9. The third-order valence-electron chi connectivity index (χ3n) is 1.41. The summed E-state index contributed by atoms with van der Waals surface area (Å²) in [6.45, 7) is 3.09. The van der Waals surface area contributed by atoms with Crippen LogP contribution in [0.3, 0.4) is 0 Å². The molecule has 1 nitrogen and oxygen atoms in total. The van der Waals surface area contributed by atoms with Gasteiger partial charge in [-0.25, -0.2) is 0 Å². The lowest BCUT2D eigenvalue weighted by molar-refractivity contribution is 0.663. The lowest BCUT2D eigenvalue weighted by atomic mass is 10.2. The Hall–Kier alpha value is 0.690. The lowest BCUT2D eigenvalue weighted by Gasteiger charge is -2.03. The summed E-state index contributed by atoms with van der Waals surface area (Å²) in [4.78, 5) is 0. The van der Waals surface area contributed by atoms with Crippen LogP contribution < -0.4 is 5.73 Å². The highest BCUT2D eigenvalue weighted by atomic mass is 127. The predicted octanol–water partition coefficient (Wildman–Crippen LogP) is 2.33. The van der Waals surface area contributed by atoms with E-state index in [2.05, 4.69) is 29.5 Å². The molecule has 2 N–H and O–H groups in total. The fourth-order valence-corrected chi connectivity index (χ4v) is 1.15. The Morgan fingerprint density at radius 2 is 2.11 bits per heavy atom. The minimum absolute atomic E-state index is 0.854. The highest BCUT2D eigenvalue weighted by molar-refractivity contribution is 14.1. The molecule has 0 aliphatic heterocycles. The summed E-state index contributed by atoms with van der Waals surface area (Å²) >= 11 is 2.50. The van der Waals surface area contributed by atoms with Gasteiger partial charge < -0.3 is 5.73 Å². The minimum atomic E-state index is 0.854. The van der Waals surface area contributed by atoms with E-state index in [1.807, 2.05) is 0 Å². The van der Waals surface area contributed by atoms with Gasteiger partial charge in [-0.1, -0.05) is 35.9 Å². The van der Waals surface area contributed by atoms with Crippen LogP contribution in [0.15, 0.2) is 0 Å². The van der Waals surface area contributed by atoms with E-state index in [9.17, 15) is 0 Å². The van der Waals surface area contributed by atoms with Crippen molar-refractivity contribution in [2.45, 2.75) is 36.5 Å². The first-order chi connectivity index (χ1) is 4.31. The maximum absolute atomic E-state index is 5.35. The van der Waals surface area contributed by atoms with Crippen molar-refractivity contribution in [3.05, 3.63) is 0 Å². The van der Waals surface area contributed by atoms with Crippen molar-refractivity contribution < 1.29 is 0 Å². The van der Waals surface area contributed by atoms with Gasteiger partial charge in [-0.2, -0.15) is 0 Å². The summed E-state index contributed by atoms with van der Waals surface area (Å²) in [5.74, 6) is 0. The van der Waals surface area contributed by atoms with Gasteiger partial charge in [0.05, 0.1) is 0 Å². The second kappa shape index (κ2) is 6.81. The Labute approximate surface area is 71.5 Å². The van der Waals surface area contributed by atoms with Crippen LogP contribution in [0.5, 0.6) is 0 Å². The zero-order valence-electron chi connectivity index (χ0n) is 6.07. The SMILES string of the molecule is CCC(I)CCCCN. The number of alkyl halides is 1. The quantitative estimate of drug-likeness (QED) is 0.446. The zero-order chi connectivity index (χ0) is 7.11. The highest BCUT2D eigenvalue weighted by Gasteiger charge is 1.97. The number of hydrogen-bond donors (Lipinski definition) is 1. The largest absolute Gasteiger partial charge is 0.330 e. The molecule has 0 aliphatic rings. The van der Waals surface area contributed by atoms with Crippen LogP contribution in [0.1, 0.15) is 32.6 Å². The van der Waals surface area contributed by atoms with Crippen molar-refractivity contribution in [3.8, 4) is 0 Å². The van der Waals surface area contributed by atoms with Gasteiger partial charge in [-0.3, -0.25) is 0 Å². The fourth-order valence-electron chi connectivity index (χ4n) is 0.714. The number of rotatable bonds is 5. The van der Waals surface area contributed by atoms with Crippen LogP contribution in [0.25, 0.3) is 0 Å². The van der Waals surface area contributed by atoms with Crippen LogP contribution >= 0.6 is 22.6 Å². The van der Waals surface area contributed by atoms with Crippen LogP contribution in [0.4, 0.5) is 0 Å². The molecule has 0 spiro atoms. The van der Waals surface area contributed by atoms with Crippen molar-refractivity contribution in [2.75, 3.05) is 6.54 Å². The first kappa shape index (κ1) is 9.69. The topological polar surface area (TPSA) is 26.0 Å². The first-order valence-electron chi connectivity index (χ1n) is 3.65. The van der Waals surface area contributed by atoms with Crippen molar-refractivity contribution in [3.63, 3.8) is 0 Å². The molecule has 0 aromatic rings. The molecule has 0 fully saturated rings. The summed E-state index contributed by atoms with van der Waals surface area (Å²) in [6, 6.07) is 0. The molecular formula is C7H16IN. The van der Waals surface area contributed by atoms with Gasteiger partial charge in [0.2, 0.25) is 0 Å². The van der Waals surface area contributed by atoms with E-state index in [-0.39, 0.29) is 0 Å². The van der Waals surface area contributed by atoms with Crippen LogP contribution in [-0.2, 0) is 0 Å². The molecule has 0 amide bonds. The second-order valence-corrected chi connectivity index (χ2v) is 4.05. The monoisotopic (exact) mass is 241 g/mol. The molecule has 0 aromatic heterocycles. The molecule has 0 heterocycles. The average Bonchev–Trinajstić information content (AvgIpc) is 1.89. The Morgan fingerprint density at radius 1 is 1.44 bits per heavy atom. The third kappa shape index (κ3) is 6.58. The summed E-state index contributed by atoms with van der Waals surface area (Å²) in [6.07, 6.45) is 5.14. The van der Waals surface area contributed by atoms with E-state index in [0.29, 0.717) is 0 Å². The molecule has 9 heavy (non-hydrogen) atoms. The number of unbranched alkanes of at least 4 members (excludes halogenated alkanes) is 1. The lowest BCUT2D eigenvalue weighted by Crippen LogP contribution is -2.00. The number of nitrogens with two attached hydrogens (primary N) is 1. The summed E-state index contributed by atoms with van der Waals surface area (Å²) in [7, 11) is 0. The Morgan fingerprint density at radius 3 is 2.56 bits per heavy atom. The molecule has 0 aliphatic carbocycles. The van der Waals surface area contributed by atoms with E-state index in [4.69, 9.17) is 5.73 Å². The molecule has 0 radical (unpaired) electrons. The van der Waals surface area contributed by atoms with E-state index < -0.39 is 0 Å². The van der Waals surface area contributed by atoms with Gasteiger partial charge in [-0.15, -0.1) is 0 Å². The number of hydrogen-bond acceptors (Lipinski definition) is 1. The molecule has 0 rings (SSSR count). The number of halogens is 1. The molecule has 1 unspecified atom stereocenters. The average molecular weight is 241 g/mol. The first-order valence-corrected chi connectivity index (χ1v) is 4.90. The minimum Gasteiger partial charge on any atom is -0.330 e. The van der Waals surface area contributed by atoms with Crippen molar-refractivity contribution >= 4 is 22.6 Å². The van der Waals surface area contributed by atoms with Gasteiger partial charge >= 0.3 is 0 Å². The van der Waals surface area contributed by atoms with Crippen LogP contribution in [0, 0.1) is 0 Å². The summed E-state index contributed by atoms with van der Waals surface area (Å²) in [5, 5.41) is 0. The fraction of sp³-hybridized carbons (Fsp3) is 1.00. The van der Waals surface area contributed by atoms with E-state index >= 15 is 0 Å². The van der Waals surface area contributed by atoms with Gasteiger partial charge in [0.15, 0.2) is 0 Å². The molecular weight excluding hydrogens is 225 g/mol. The van der Waals surface area contributed by atoms with Gasteiger partial charge in [0, 0.05) is 3.92 Å². The molecule has 2 heteroatoms. The smallest absolute Gasteiger partial charge is 0.0107 e. The van der Waals surface area contributed by atoms with E-state index in [0.717, 1.165) is 10.5 Å². The zero-order valence-corrected chi connectivity index (χ0v) is 8.23. The molecule has 1 atom stereocenters. The predicted molar refractivity (Wildman–Crippen MR) is 51.0 cm³/mol. The normalized spacial score (nSPS) is 13.7. The molecule has 0 saturated carbocycles. The van der Waals surface area contributed by atoms with E-state index in [1.54, 1.807) is 0 Å². The second-order valence-electron chi connectivity index (χ2n) is 2.29. The van der Waals surface area contributed by atoms with Crippen molar-refractivity contribution in [2.24, 2.45) is 5.73 Å². The maximum atomic E-state index is 5.35. The third-order valence-corrected chi connectivity index (χ3v) is 2.92. The standard InChI is InChI=1S/C7H16IN/c1-2-7(8)5-3-4-6-9/h7H,2-6,9H2,1H3. The van der Waals surface area contributed by atoms with Crippen LogP contribution in [0.2, 0.25) is 0 Å². The highest BCUT2D eigenvalue weighted by Crippen LogP contribution is 2.12. The maximum Gasteiger partial charge on any atom is 0.0107 e. The van der Waals surface area contributed by atoms with Crippen LogP contribution in [-0.4, -0.2) is 10.5 Å². The molecule has 0 aromatic carbocycles. The van der Waals surface area contributed by atoms with Gasteiger partial charge in [0.1, 0.15) is 0 Å². The van der Waals surface area contributed by atoms with Gasteiger partial charge in [0.25, 0.3) is 0 Å². The van der Waals surface area contributed by atoms with E-state index in [1.165, 1.54) is 25.7 Å². The Balaban J connectivity index is 2.88.